The molecule has 0 aliphatic carbocycles. The van der Waals surface area contributed by atoms with Crippen molar-refractivity contribution in [3.63, 3.8) is 0 Å². The van der Waals surface area contributed by atoms with Crippen LogP contribution in [0.2, 0.25) is 5.02 Å². The van der Waals surface area contributed by atoms with Gasteiger partial charge in [-0.25, -0.2) is 0 Å². The van der Waals surface area contributed by atoms with Crippen LogP contribution in [0.1, 0.15) is 15.9 Å². The highest BCUT2D eigenvalue weighted by Crippen LogP contribution is 2.36. The summed E-state index contributed by atoms with van der Waals surface area (Å²) >= 11 is 5.54. The Morgan fingerprint density at radius 2 is 1.50 bits per heavy atom. The summed E-state index contributed by atoms with van der Waals surface area (Å²) in [6.45, 7) is 0. The lowest BCUT2D eigenvalue weighted by molar-refractivity contribution is -0.137. The zero-order valence-corrected chi connectivity index (χ0v) is 13.6. The second-order valence-corrected chi connectivity index (χ2v) is 5.47. The molecule has 26 heavy (non-hydrogen) atoms. The van der Waals surface area contributed by atoms with Crippen LogP contribution in [-0.2, 0) is 15.8 Å². The van der Waals surface area contributed by atoms with E-state index in [0.29, 0.717) is 6.07 Å². The Hall–Kier alpha value is -3.07. The van der Waals surface area contributed by atoms with Crippen LogP contribution in [0.3, 0.4) is 0 Å². The number of nitrogens with one attached hydrogen (secondary N) is 2. The van der Waals surface area contributed by atoms with Crippen LogP contribution >= 0.6 is 11.6 Å². The molecule has 0 fully saturated rings. The Labute approximate surface area is 150 Å². The van der Waals surface area contributed by atoms with Gasteiger partial charge in [0, 0.05) is 16.3 Å². The SMILES string of the molecule is NC(=O)c1ccc(NC(=O)C(=O)Nc2ccc(Cl)cc2C(F)(F)F)cc1. The Morgan fingerprint density at radius 1 is 0.923 bits per heavy atom. The van der Waals surface area contributed by atoms with E-state index < -0.39 is 35.1 Å². The number of carbonyl (C=O) groups is 3. The van der Waals surface area contributed by atoms with Gasteiger partial charge in [0.15, 0.2) is 0 Å². The average Bonchev–Trinajstić information content (AvgIpc) is 2.56. The number of benzene rings is 2. The third-order valence-electron chi connectivity index (χ3n) is 3.17. The van der Waals surface area contributed by atoms with Crippen molar-refractivity contribution in [2.45, 2.75) is 6.18 Å². The molecule has 2 aromatic carbocycles. The Balaban J connectivity index is 2.12. The normalized spacial score (nSPS) is 10.9. The molecule has 0 unspecified atom stereocenters. The predicted molar refractivity (Wildman–Crippen MR) is 88.7 cm³/mol. The van der Waals surface area contributed by atoms with Crippen LogP contribution < -0.4 is 16.4 Å². The number of hydrogen-bond donors (Lipinski definition) is 3. The largest absolute Gasteiger partial charge is 0.418 e. The molecule has 0 saturated heterocycles. The number of halogens is 4. The van der Waals surface area contributed by atoms with Gasteiger partial charge in [0.2, 0.25) is 5.91 Å². The standard InChI is InChI=1S/C16H11ClF3N3O3/c17-9-3-6-12(11(7-9)16(18,19)20)23-15(26)14(25)22-10-4-1-8(2-5-10)13(21)24/h1-7H,(H2,21,24)(H,22,25)(H,23,26). The van der Waals surface area contributed by atoms with Crippen LogP contribution in [0.25, 0.3) is 0 Å². The molecule has 0 atom stereocenters. The summed E-state index contributed by atoms with van der Waals surface area (Å²) in [6.07, 6.45) is -4.77. The van der Waals surface area contributed by atoms with Crippen LogP contribution in [-0.4, -0.2) is 17.7 Å². The first-order chi connectivity index (χ1) is 12.1. The van der Waals surface area contributed by atoms with Crippen molar-refractivity contribution in [3.8, 4) is 0 Å². The minimum atomic E-state index is -4.77. The summed E-state index contributed by atoms with van der Waals surface area (Å²) in [5.41, 5.74) is 3.62. The van der Waals surface area contributed by atoms with Gasteiger partial charge in [0.25, 0.3) is 0 Å². The first kappa shape index (κ1) is 19.3. The van der Waals surface area contributed by atoms with Gasteiger partial charge in [-0.15, -0.1) is 0 Å². The van der Waals surface area contributed by atoms with Crippen molar-refractivity contribution in [2.24, 2.45) is 5.73 Å². The minimum Gasteiger partial charge on any atom is -0.366 e. The molecule has 0 aliphatic rings. The van der Waals surface area contributed by atoms with E-state index in [2.05, 4.69) is 5.32 Å². The molecule has 0 spiro atoms. The first-order valence-electron chi connectivity index (χ1n) is 6.97. The van der Waals surface area contributed by atoms with Gasteiger partial charge in [0.1, 0.15) is 0 Å². The second kappa shape index (κ2) is 7.44. The van der Waals surface area contributed by atoms with Crippen molar-refractivity contribution >= 4 is 40.7 Å². The molecule has 4 N–H and O–H groups in total. The first-order valence-corrected chi connectivity index (χ1v) is 7.34. The monoisotopic (exact) mass is 385 g/mol. The number of alkyl halides is 3. The zero-order chi connectivity index (χ0) is 19.5. The molecule has 6 nitrogen and oxygen atoms in total. The van der Waals surface area contributed by atoms with Gasteiger partial charge in [-0.1, -0.05) is 11.6 Å². The van der Waals surface area contributed by atoms with Gasteiger partial charge < -0.3 is 16.4 Å². The molecular weight excluding hydrogens is 375 g/mol. The number of hydrogen-bond acceptors (Lipinski definition) is 3. The molecule has 0 radical (unpaired) electrons. The molecule has 2 rings (SSSR count). The molecule has 136 valence electrons. The van der Waals surface area contributed by atoms with Crippen molar-refractivity contribution in [2.75, 3.05) is 10.6 Å². The van der Waals surface area contributed by atoms with Crippen molar-refractivity contribution in [1.82, 2.24) is 0 Å². The van der Waals surface area contributed by atoms with E-state index in [1.165, 1.54) is 24.3 Å². The minimum absolute atomic E-state index is 0.155. The number of amides is 3. The maximum atomic E-state index is 13.0. The van der Waals surface area contributed by atoms with Crippen LogP contribution in [0.4, 0.5) is 24.5 Å². The van der Waals surface area contributed by atoms with E-state index in [-0.39, 0.29) is 16.3 Å². The number of nitrogens with two attached hydrogens (primary N) is 1. The molecule has 10 heteroatoms. The smallest absolute Gasteiger partial charge is 0.366 e. The molecule has 0 heterocycles. The number of anilines is 2. The molecule has 0 aliphatic heterocycles. The van der Waals surface area contributed by atoms with E-state index in [4.69, 9.17) is 17.3 Å². The van der Waals surface area contributed by atoms with E-state index in [1.54, 1.807) is 0 Å². The Bertz CT molecular complexity index is 867. The van der Waals surface area contributed by atoms with E-state index in [0.717, 1.165) is 12.1 Å². The summed E-state index contributed by atoms with van der Waals surface area (Å²) in [5, 5.41) is 3.91. The van der Waals surface area contributed by atoms with E-state index in [9.17, 15) is 27.6 Å². The Kier molecular flexibility index (Phi) is 5.51. The number of primary amides is 1. The number of rotatable bonds is 3. The van der Waals surface area contributed by atoms with Gasteiger partial charge in [0.05, 0.1) is 11.3 Å². The summed E-state index contributed by atoms with van der Waals surface area (Å²) in [5.74, 6) is -3.18. The molecule has 0 bridgehead atoms. The average molecular weight is 386 g/mol. The topological polar surface area (TPSA) is 101 Å². The number of carbonyl (C=O) groups excluding carboxylic acids is 3. The third-order valence-corrected chi connectivity index (χ3v) is 3.40. The molecule has 3 amide bonds. The third kappa shape index (κ3) is 4.73. The maximum Gasteiger partial charge on any atom is 0.418 e. The van der Waals surface area contributed by atoms with E-state index >= 15 is 0 Å². The maximum absolute atomic E-state index is 13.0. The molecular formula is C16H11ClF3N3O3. The van der Waals surface area contributed by atoms with Crippen LogP contribution in [0.15, 0.2) is 42.5 Å². The lowest BCUT2D eigenvalue weighted by Crippen LogP contribution is -2.30. The fourth-order valence-electron chi connectivity index (χ4n) is 1.94. The van der Waals surface area contributed by atoms with Gasteiger partial charge in [-0.2, -0.15) is 13.2 Å². The lowest BCUT2D eigenvalue weighted by Gasteiger charge is -2.14. The predicted octanol–water partition coefficient (Wildman–Crippen LogP) is 3.03. The highest BCUT2D eigenvalue weighted by Gasteiger charge is 2.34. The quantitative estimate of drug-likeness (QED) is 0.708. The van der Waals surface area contributed by atoms with Gasteiger partial charge >= 0.3 is 18.0 Å². The van der Waals surface area contributed by atoms with Crippen molar-refractivity contribution < 1.29 is 27.6 Å². The van der Waals surface area contributed by atoms with Gasteiger partial charge in [-0.05, 0) is 42.5 Å². The molecule has 0 saturated carbocycles. The fourth-order valence-corrected chi connectivity index (χ4v) is 2.12. The zero-order valence-electron chi connectivity index (χ0n) is 12.9. The molecule has 2 aromatic rings. The van der Waals surface area contributed by atoms with Crippen molar-refractivity contribution in [1.29, 1.82) is 0 Å². The Morgan fingerprint density at radius 3 is 2.04 bits per heavy atom. The van der Waals surface area contributed by atoms with Crippen molar-refractivity contribution in [3.05, 3.63) is 58.6 Å². The van der Waals surface area contributed by atoms with Gasteiger partial charge in [-0.3, -0.25) is 14.4 Å². The highest BCUT2D eigenvalue weighted by molar-refractivity contribution is 6.43. The summed E-state index contributed by atoms with van der Waals surface area (Å²) in [7, 11) is 0. The second-order valence-electron chi connectivity index (χ2n) is 5.04. The fraction of sp³-hybridized carbons (Fsp3) is 0.0625. The summed E-state index contributed by atoms with van der Waals surface area (Å²) in [4.78, 5) is 34.7. The van der Waals surface area contributed by atoms with Crippen LogP contribution in [0, 0.1) is 0 Å². The lowest BCUT2D eigenvalue weighted by atomic mass is 10.1. The van der Waals surface area contributed by atoms with E-state index in [1.807, 2.05) is 5.32 Å². The van der Waals surface area contributed by atoms with Crippen LogP contribution in [0.5, 0.6) is 0 Å². The molecule has 0 aromatic heterocycles. The summed E-state index contributed by atoms with van der Waals surface area (Å²) in [6, 6.07) is 7.99. The highest BCUT2D eigenvalue weighted by atomic mass is 35.5. The summed E-state index contributed by atoms with van der Waals surface area (Å²) < 4.78 is 38.9.